The lowest BCUT2D eigenvalue weighted by molar-refractivity contribution is 0.460. The molecule has 0 aliphatic carbocycles. The first kappa shape index (κ1) is 13.5. The molecule has 0 aliphatic heterocycles. The highest BCUT2D eigenvalue weighted by atomic mass is 35.5. The van der Waals surface area contributed by atoms with Gasteiger partial charge in [0, 0.05) is 29.4 Å². The van der Waals surface area contributed by atoms with Gasteiger partial charge in [0.2, 0.25) is 0 Å². The number of aromatic nitrogens is 1. The van der Waals surface area contributed by atoms with Gasteiger partial charge in [-0.25, -0.2) is 0 Å². The largest absolute Gasteiger partial charge is 0.303 e. The lowest BCUT2D eigenvalue weighted by Gasteiger charge is -2.21. The van der Waals surface area contributed by atoms with Gasteiger partial charge in [0.05, 0.1) is 4.34 Å². The molecule has 18 heavy (non-hydrogen) atoms. The van der Waals surface area contributed by atoms with Crippen LogP contribution < -0.4 is 5.32 Å². The summed E-state index contributed by atoms with van der Waals surface area (Å²) in [5.74, 6) is 0. The molecule has 2 aromatic rings. The lowest BCUT2D eigenvalue weighted by Crippen LogP contribution is -2.23. The van der Waals surface area contributed by atoms with Crippen LogP contribution in [-0.2, 0) is 0 Å². The Kier molecular flexibility index (Phi) is 4.75. The molecule has 2 nitrogen and oxygen atoms in total. The average Bonchev–Trinajstić information content (AvgIpc) is 2.83. The predicted octanol–water partition coefficient (Wildman–Crippen LogP) is 4.60. The Morgan fingerprint density at radius 3 is 2.56 bits per heavy atom. The maximum absolute atomic E-state index is 5.97. The van der Waals surface area contributed by atoms with Gasteiger partial charge in [0.15, 0.2) is 0 Å². The van der Waals surface area contributed by atoms with Crippen molar-refractivity contribution < 1.29 is 0 Å². The first-order valence-electron chi connectivity index (χ1n) is 6.12. The van der Waals surface area contributed by atoms with Gasteiger partial charge in [-0.3, -0.25) is 4.98 Å². The first-order chi connectivity index (χ1) is 8.70. The molecule has 0 bridgehead atoms. The summed E-state index contributed by atoms with van der Waals surface area (Å²) in [4.78, 5) is 5.33. The van der Waals surface area contributed by atoms with Crippen LogP contribution in [0.25, 0.3) is 0 Å². The highest BCUT2D eigenvalue weighted by Gasteiger charge is 2.14. The second kappa shape index (κ2) is 6.32. The van der Waals surface area contributed by atoms with E-state index in [0.717, 1.165) is 10.8 Å². The molecule has 0 fully saturated rings. The summed E-state index contributed by atoms with van der Waals surface area (Å²) in [5, 5.41) is 3.64. The number of thiophene rings is 1. The van der Waals surface area contributed by atoms with Crippen LogP contribution in [0.15, 0.2) is 36.7 Å². The Balaban J connectivity index is 2.07. The molecule has 1 N–H and O–H groups in total. The van der Waals surface area contributed by atoms with Crippen molar-refractivity contribution >= 4 is 22.9 Å². The number of nitrogens with one attached hydrogen (secondary N) is 1. The SMILES string of the molecule is CC[C@@H](N[C@H](C)c1ccc(Cl)s1)c1ccncc1. The molecule has 2 heterocycles. The van der Waals surface area contributed by atoms with Gasteiger partial charge in [0.25, 0.3) is 0 Å². The van der Waals surface area contributed by atoms with Gasteiger partial charge in [0.1, 0.15) is 0 Å². The standard InChI is InChI=1S/C14H17ClN2S/c1-3-12(11-6-8-16-9-7-11)17-10(2)13-4-5-14(15)18-13/h4-10,12,17H,3H2,1-2H3/t10-,12-/m1/s1. The van der Waals surface area contributed by atoms with E-state index in [2.05, 4.69) is 42.3 Å². The fourth-order valence-electron chi connectivity index (χ4n) is 1.99. The zero-order valence-corrected chi connectivity index (χ0v) is 12.1. The van der Waals surface area contributed by atoms with E-state index in [1.807, 2.05) is 18.5 Å². The highest BCUT2D eigenvalue weighted by Crippen LogP contribution is 2.29. The van der Waals surface area contributed by atoms with Crippen LogP contribution in [-0.4, -0.2) is 4.98 Å². The van der Waals surface area contributed by atoms with Crippen molar-refractivity contribution in [3.8, 4) is 0 Å². The number of halogens is 1. The van der Waals surface area contributed by atoms with Crippen molar-refractivity contribution in [3.05, 3.63) is 51.4 Å². The molecule has 0 aromatic carbocycles. The smallest absolute Gasteiger partial charge is 0.0931 e. The van der Waals surface area contributed by atoms with E-state index in [9.17, 15) is 0 Å². The summed E-state index contributed by atoms with van der Waals surface area (Å²) in [5.41, 5.74) is 1.28. The van der Waals surface area contributed by atoms with Crippen molar-refractivity contribution in [2.75, 3.05) is 0 Å². The molecule has 0 spiro atoms. The van der Waals surface area contributed by atoms with Gasteiger partial charge in [-0.1, -0.05) is 18.5 Å². The van der Waals surface area contributed by atoms with Gasteiger partial charge in [-0.15, -0.1) is 11.3 Å². The van der Waals surface area contributed by atoms with E-state index in [1.54, 1.807) is 11.3 Å². The summed E-state index contributed by atoms with van der Waals surface area (Å²) in [6, 6.07) is 8.83. The predicted molar refractivity (Wildman–Crippen MR) is 78.1 cm³/mol. The van der Waals surface area contributed by atoms with Crippen LogP contribution in [0.5, 0.6) is 0 Å². The Bertz CT molecular complexity index is 484. The van der Waals surface area contributed by atoms with E-state index in [-0.39, 0.29) is 0 Å². The van der Waals surface area contributed by atoms with Crippen molar-refractivity contribution in [2.24, 2.45) is 0 Å². The van der Waals surface area contributed by atoms with Gasteiger partial charge in [-0.2, -0.15) is 0 Å². The third kappa shape index (κ3) is 3.31. The Morgan fingerprint density at radius 2 is 2.00 bits per heavy atom. The van der Waals surface area contributed by atoms with Crippen molar-refractivity contribution in [3.63, 3.8) is 0 Å². The molecule has 2 rings (SSSR count). The number of rotatable bonds is 5. The fraction of sp³-hybridized carbons (Fsp3) is 0.357. The van der Waals surface area contributed by atoms with Crippen LogP contribution in [0.2, 0.25) is 4.34 Å². The molecule has 96 valence electrons. The van der Waals surface area contributed by atoms with Crippen LogP contribution in [0.4, 0.5) is 0 Å². The Labute approximate surface area is 117 Å². The van der Waals surface area contributed by atoms with Crippen LogP contribution in [0.1, 0.15) is 42.8 Å². The molecular formula is C14H17ClN2S. The summed E-state index contributed by atoms with van der Waals surface area (Å²) in [7, 11) is 0. The van der Waals surface area contributed by atoms with E-state index in [1.165, 1.54) is 10.4 Å². The van der Waals surface area contributed by atoms with Gasteiger partial charge < -0.3 is 5.32 Å². The number of hydrogen-bond acceptors (Lipinski definition) is 3. The highest BCUT2D eigenvalue weighted by molar-refractivity contribution is 7.16. The second-order valence-corrected chi connectivity index (χ2v) is 6.02. The molecule has 0 unspecified atom stereocenters. The Morgan fingerprint density at radius 1 is 1.28 bits per heavy atom. The summed E-state index contributed by atoms with van der Waals surface area (Å²) in [6.45, 7) is 4.36. The molecule has 2 aromatic heterocycles. The quantitative estimate of drug-likeness (QED) is 0.866. The van der Waals surface area contributed by atoms with Gasteiger partial charge >= 0.3 is 0 Å². The summed E-state index contributed by atoms with van der Waals surface area (Å²) in [6.07, 6.45) is 4.73. The monoisotopic (exact) mass is 280 g/mol. The molecule has 0 radical (unpaired) electrons. The van der Waals surface area contributed by atoms with E-state index < -0.39 is 0 Å². The van der Waals surface area contributed by atoms with Crippen molar-refractivity contribution in [2.45, 2.75) is 32.4 Å². The molecule has 2 atom stereocenters. The van der Waals surface area contributed by atoms with Crippen LogP contribution >= 0.6 is 22.9 Å². The zero-order chi connectivity index (χ0) is 13.0. The minimum atomic E-state index is 0.306. The van der Waals surface area contributed by atoms with E-state index in [0.29, 0.717) is 12.1 Å². The van der Waals surface area contributed by atoms with Gasteiger partial charge in [-0.05, 0) is 43.2 Å². The molecule has 0 saturated heterocycles. The maximum atomic E-state index is 5.97. The third-order valence-electron chi connectivity index (χ3n) is 2.99. The van der Waals surface area contributed by atoms with Crippen LogP contribution in [0.3, 0.4) is 0 Å². The number of pyridine rings is 1. The van der Waals surface area contributed by atoms with E-state index >= 15 is 0 Å². The van der Waals surface area contributed by atoms with E-state index in [4.69, 9.17) is 11.6 Å². The molecule has 0 saturated carbocycles. The van der Waals surface area contributed by atoms with Crippen molar-refractivity contribution in [1.82, 2.24) is 10.3 Å². The normalized spacial score (nSPS) is 14.4. The van der Waals surface area contributed by atoms with Crippen molar-refractivity contribution in [1.29, 1.82) is 0 Å². The number of nitrogens with zero attached hydrogens (tertiary/aromatic N) is 1. The minimum absolute atomic E-state index is 0.306. The zero-order valence-electron chi connectivity index (χ0n) is 10.6. The fourth-order valence-corrected chi connectivity index (χ4v) is 3.06. The molecule has 4 heteroatoms. The molecule has 0 aliphatic rings. The molecular weight excluding hydrogens is 264 g/mol. The molecule has 0 amide bonds. The summed E-state index contributed by atoms with van der Waals surface area (Å²) < 4.78 is 0.843. The average molecular weight is 281 g/mol. The number of hydrogen-bond donors (Lipinski definition) is 1. The third-order valence-corrected chi connectivity index (χ3v) is 4.40. The lowest BCUT2D eigenvalue weighted by atomic mass is 10.0. The topological polar surface area (TPSA) is 24.9 Å². The Hall–Kier alpha value is -0.900. The second-order valence-electron chi connectivity index (χ2n) is 4.27. The summed E-state index contributed by atoms with van der Waals surface area (Å²) >= 11 is 7.61. The minimum Gasteiger partial charge on any atom is -0.303 e. The van der Waals surface area contributed by atoms with Crippen LogP contribution in [0, 0.1) is 0 Å². The first-order valence-corrected chi connectivity index (χ1v) is 7.31. The maximum Gasteiger partial charge on any atom is 0.0931 e.